The zero-order valence-electron chi connectivity index (χ0n) is 7.73. The molecule has 1 aromatic carbocycles. The highest BCUT2D eigenvalue weighted by molar-refractivity contribution is 5.27. The number of alkyl halides is 2. The van der Waals surface area contributed by atoms with Crippen LogP contribution in [0.1, 0.15) is 17.5 Å². The Hall–Kier alpha value is -1.03. The largest absolute Gasteiger partial charge is 0.396 e. The van der Waals surface area contributed by atoms with Crippen LogP contribution in [0.4, 0.5) is 13.2 Å². The fourth-order valence-corrected chi connectivity index (χ4v) is 1.19. The predicted molar refractivity (Wildman–Crippen MR) is 46.7 cm³/mol. The average Bonchev–Trinajstić information content (AvgIpc) is 2.09. The van der Waals surface area contributed by atoms with Crippen molar-refractivity contribution < 1.29 is 18.3 Å². The van der Waals surface area contributed by atoms with Gasteiger partial charge >= 0.3 is 0 Å². The van der Waals surface area contributed by atoms with E-state index >= 15 is 0 Å². The molecule has 4 heteroatoms. The maximum atomic E-state index is 13.2. The number of hydrogen-bond acceptors (Lipinski definition) is 1. The Bertz CT molecular complexity index is 323. The van der Waals surface area contributed by atoms with Crippen molar-refractivity contribution >= 4 is 0 Å². The van der Waals surface area contributed by atoms with E-state index in [1.54, 1.807) is 6.92 Å². The lowest BCUT2D eigenvalue weighted by Gasteiger charge is -2.16. The molecule has 0 radical (unpaired) electrons. The molecule has 0 aliphatic rings. The lowest BCUT2D eigenvalue weighted by Crippen LogP contribution is -2.17. The number of halogens is 3. The van der Waals surface area contributed by atoms with Crippen LogP contribution in [0, 0.1) is 12.7 Å². The van der Waals surface area contributed by atoms with Crippen LogP contribution in [0.25, 0.3) is 0 Å². The molecular formula is C10H11F3O. The number of aryl methyl sites for hydroxylation is 1. The van der Waals surface area contributed by atoms with Crippen LogP contribution in [0.3, 0.4) is 0 Å². The molecule has 1 N–H and O–H groups in total. The van der Waals surface area contributed by atoms with Crippen molar-refractivity contribution in [1.82, 2.24) is 0 Å². The quantitative estimate of drug-likeness (QED) is 0.802. The molecule has 0 aromatic heterocycles. The molecule has 0 atom stereocenters. The number of benzene rings is 1. The van der Waals surface area contributed by atoms with Gasteiger partial charge in [-0.3, -0.25) is 0 Å². The van der Waals surface area contributed by atoms with Crippen molar-refractivity contribution in [3.05, 3.63) is 35.1 Å². The van der Waals surface area contributed by atoms with E-state index in [0.717, 1.165) is 12.1 Å². The average molecular weight is 204 g/mol. The molecule has 1 rings (SSSR count). The molecule has 0 saturated carbocycles. The fraction of sp³-hybridized carbons (Fsp3) is 0.400. The van der Waals surface area contributed by atoms with Crippen molar-refractivity contribution in [1.29, 1.82) is 0 Å². The standard InChI is InChI=1S/C10H11F3O/c1-7-2-3-9(11)8(6-7)10(12,13)4-5-14/h2-3,6,14H,4-5H2,1H3. The molecule has 0 bridgehead atoms. The first-order chi connectivity index (χ1) is 6.47. The van der Waals surface area contributed by atoms with Crippen LogP contribution >= 0.6 is 0 Å². The highest BCUT2D eigenvalue weighted by Crippen LogP contribution is 2.33. The van der Waals surface area contributed by atoms with E-state index in [4.69, 9.17) is 5.11 Å². The van der Waals surface area contributed by atoms with Crippen molar-refractivity contribution in [2.24, 2.45) is 0 Å². The van der Waals surface area contributed by atoms with E-state index < -0.39 is 30.3 Å². The second kappa shape index (κ2) is 4.00. The van der Waals surface area contributed by atoms with Crippen molar-refractivity contribution in [2.75, 3.05) is 6.61 Å². The number of rotatable bonds is 3. The number of aliphatic hydroxyl groups excluding tert-OH is 1. The van der Waals surface area contributed by atoms with Crippen LogP contribution in [0.5, 0.6) is 0 Å². The van der Waals surface area contributed by atoms with Gasteiger partial charge in [0.2, 0.25) is 0 Å². The summed E-state index contributed by atoms with van der Waals surface area (Å²) in [6.45, 7) is 0.943. The van der Waals surface area contributed by atoms with Gasteiger partial charge in [-0.15, -0.1) is 0 Å². The van der Waals surface area contributed by atoms with Crippen LogP contribution in [0.15, 0.2) is 18.2 Å². The smallest absolute Gasteiger partial charge is 0.278 e. The third-order valence-corrected chi connectivity index (χ3v) is 1.94. The van der Waals surface area contributed by atoms with E-state index in [-0.39, 0.29) is 0 Å². The normalized spacial score (nSPS) is 11.8. The summed E-state index contributed by atoms with van der Waals surface area (Å²) in [5, 5.41) is 8.42. The van der Waals surface area contributed by atoms with Crippen LogP contribution < -0.4 is 0 Å². The van der Waals surface area contributed by atoms with Crippen LogP contribution in [0.2, 0.25) is 0 Å². The third kappa shape index (κ3) is 2.26. The molecule has 0 fully saturated rings. The van der Waals surface area contributed by atoms with Gasteiger partial charge in [0.25, 0.3) is 5.92 Å². The lowest BCUT2D eigenvalue weighted by molar-refractivity contribution is -0.0300. The van der Waals surface area contributed by atoms with E-state index in [9.17, 15) is 13.2 Å². The fourth-order valence-electron chi connectivity index (χ4n) is 1.19. The zero-order chi connectivity index (χ0) is 10.8. The summed E-state index contributed by atoms with van der Waals surface area (Å²) in [5.74, 6) is -4.24. The summed E-state index contributed by atoms with van der Waals surface area (Å²) >= 11 is 0. The van der Waals surface area contributed by atoms with Gasteiger partial charge in [-0.2, -0.15) is 0 Å². The van der Waals surface area contributed by atoms with E-state index in [1.165, 1.54) is 6.07 Å². The maximum Gasteiger partial charge on any atom is 0.278 e. The first-order valence-electron chi connectivity index (χ1n) is 4.22. The molecule has 0 heterocycles. The summed E-state index contributed by atoms with van der Waals surface area (Å²) < 4.78 is 39.4. The molecule has 1 nitrogen and oxygen atoms in total. The predicted octanol–water partition coefficient (Wildman–Crippen LogP) is 2.61. The Morgan fingerprint density at radius 1 is 1.36 bits per heavy atom. The van der Waals surface area contributed by atoms with Crippen molar-refractivity contribution in [2.45, 2.75) is 19.3 Å². The van der Waals surface area contributed by atoms with Gasteiger partial charge in [-0.05, 0) is 19.1 Å². The highest BCUT2D eigenvalue weighted by Gasteiger charge is 2.33. The second-order valence-electron chi connectivity index (χ2n) is 3.16. The van der Waals surface area contributed by atoms with E-state index in [2.05, 4.69) is 0 Å². The Kier molecular flexibility index (Phi) is 3.16. The van der Waals surface area contributed by atoms with Crippen LogP contribution in [-0.4, -0.2) is 11.7 Å². The minimum Gasteiger partial charge on any atom is -0.396 e. The van der Waals surface area contributed by atoms with Crippen molar-refractivity contribution in [3.63, 3.8) is 0 Å². The van der Waals surface area contributed by atoms with Gasteiger partial charge in [0.1, 0.15) is 5.82 Å². The molecule has 0 amide bonds. The summed E-state index contributed by atoms with van der Waals surface area (Å²) in [7, 11) is 0. The summed E-state index contributed by atoms with van der Waals surface area (Å²) in [5.41, 5.74) is -0.0782. The molecule has 0 aliphatic heterocycles. The summed E-state index contributed by atoms with van der Waals surface area (Å²) in [6, 6.07) is 3.54. The molecule has 14 heavy (non-hydrogen) atoms. The Labute approximate surface area is 80.2 Å². The molecule has 1 aromatic rings. The molecule has 0 spiro atoms. The first kappa shape index (κ1) is 11.0. The molecule has 0 unspecified atom stereocenters. The maximum absolute atomic E-state index is 13.2. The minimum absolute atomic E-state index is 0.569. The van der Waals surface area contributed by atoms with E-state index in [0.29, 0.717) is 5.56 Å². The SMILES string of the molecule is Cc1ccc(F)c(C(F)(F)CCO)c1. The third-order valence-electron chi connectivity index (χ3n) is 1.94. The van der Waals surface area contributed by atoms with Gasteiger partial charge in [0.15, 0.2) is 0 Å². The van der Waals surface area contributed by atoms with Gasteiger partial charge in [0, 0.05) is 13.0 Å². The zero-order valence-corrected chi connectivity index (χ0v) is 7.73. The van der Waals surface area contributed by atoms with Crippen LogP contribution in [-0.2, 0) is 5.92 Å². The number of hydrogen-bond donors (Lipinski definition) is 1. The number of aliphatic hydroxyl groups is 1. The molecule has 78 valence electrons. The van der Waals surface area contributed by atoms with Gasteiger partial charge in [0.05, 0.1) is 5.56 Å². The summed E-state index contributed by atoms with van der Waals surface area (Å²) in [4.78, 5) is 0. The highest BCUT2D eigenvalue weighted by atomic mass is 19.3. The minimum atomic E-state index is -3.30. The van der Waals surface area contributed by atoms with Gasteiger partial charge < -0.3 is 5.11 Å². The Morgan fingerprint density at radius 2 is 2.00 bits per heavy atom. The molecular weight excluding hydrogens is 193 g/mol. The second-order valence-corrected chi connectivity index (χ2v) is 3.16. The monoisotopic (exact) mass is 204 g/mol. The lowest BCUT2D eigenvalue weighted by atomic mass is 10.0. The van der Waals surface area contributed by atoms with E-state index in [1.807, 2.05) is 0 Å². The van der Waals surface area contributed by atoms with Crippen molar-refractivity contribution in [3.8, 4) is 0 Å². The summed E-state index contributed by atoms with van der Waals surface area (Å²) in [6.07, 6.45) is -0.757. The molecule has 0 aliphatic carbocycles. The first-order valence-corrected chi connectivity index (χ1v) is 4.22. The van der Waals surface area contributed by atoms with Gasteiger partial charge in [-0.1, -0.05) is 11.6 Å². The van der Waals surface area contributed by atoms with Gasteiger partial charge in [-0.25, -0.2) is 13.2 Å². The topological polar surface area (TPSA) is 20.2 Å². The Morgan fingerprint density at radius 3 is 2.57 bits per heavy atom. The molecule has 0 saturated heterocycles. The Balaban J connectivity index is 3.10.